The van der Waals surface area contributed by atoms with Gasteiger partial charge in [-0.3, -0.25) is 0 Å². The molecule has 0 aromatic heterocycles. The Bertz CT molecular complexity index is 1240. The normalized spacial score (nSPS) is 12.1. The molecule has 1 unspecified atom stereocenters. The number of aliphatic hydroxyl groups is 1. The van der Waals surface area contributed by atoms with Gasteiger partial charge >= 0.3 is 0 Å². The molecular weight excluding hydrogens is 434 g/mol. The minimum Gasteiger partial charge on any atom is -0.392 e. The van der Waals surface area contributed by atoms with Crippen LogP contribution < -0.4 is 0 Å². The molecule has 3 aromatic rings. The summed E-state index contributed by atoms with van der Waals surface area (Å²) in [5, 5.41) is 9.52. The van der Waals surface area contributed by atoms with Gasteiger partial charge in [0.05, 0.1) is 6.61 Å². The molecule has 0 amide bonds. The van der Waals surface area contributed by atoms with Crippen LogP contribution in [0.15, 0.2) is 73.3 Å². The summed E-state index contributed by atoms with van der Waals surface area (Å²) in [7, 11) is 0. The lowest BCUT2D eigenvalue weighted by atomic mass is 9.90. The van der Waals surface area contributed by atoms with Gasteiger partial charge < -0.3 is 5.11 Å². The number of allylic oxidation sites excluding steroid dienone is 2. The van der Waals surface area contributed by atoms with Crippen molar-refractivity contribution in [2.75, 3.05) is 0 Å². The molecule has 0 aliphatic carbocycles. The van der Waals surface area contributed by atoms with Crippen molar-refractivity contribution in [2.24, 2.45) is 0 Å². The highest BCUT2D eigenvalue weighted by Gasteiger charge is 2.14. The van der Waals surface area contributed by atoms with E-state index in [2.05, 4.69) is 37.1 Å². The van der Waals surface area contributed by atoms with E-state index in [9.17, 15) is 13.9 Å². The van der Waals surface area contributed by atoms with Crippen molar-refractivity contribution in [3.8, 4) is 11.8 Å². The fourth-order valence-electron chi connectivity index (χ4n) is 3.57. The van der Waals surface area contributed by atoms with Gasteiger partial charge in [0.2, 0.25) is 0 Å². The lowest BCUT2D eigenvalue weighted by molar-refractivity contribution is 0.282. The summed E-state index contributed by atoms with van der Waals surface area (Å²) in [6.07, 6.45) is 3.89. The van der Waals surface area contributed by atoms with E-state index in [1.807, 2.05) is 38.1 Å². The number of benzene rings is 3. The van der Waals surface area contributed by atoms with Crippen molar-refractivity contribution < 1.29 is 13.9 Å². The van der Waals surface area contributed by atoms with Crippen molar-refractivity contribution in [2.45, 2.75) is 32.8 Å². The van der Waals surface area contributed by atoms with E-state index in [0.29, 0.717) is 22.5 Å². The number of halogens is 2. The zero-order chi connectivity index (χ0) is 24.0. The SMILES string of the molecule is C=C/C=C(\S)c1cc(CO)ccc1C#CC(Cc1ccc(C)c(C)c1)c1cc(F)cc(F)c1. The first-order valence-electron chi connectivity index (χ1n) is 10.6. The Morgan fingerprint density at radius 3 is 2.33 bits per heavy atom. The zero-order valence-electron chi connectivity index (χ0n) is 18.7. The van der Waals surface area contributed by atoms with E-state index < -0.39 is 17.6 Å². The topological polar surface area (TPSA) is 20.2 Å². The lowest BCUT2D eigenvalue weighted by Crippen LogP contribution is -2.03. The summed E-state index contributed by atoms with van der Waals surface area (Å²) >= 11 is 4.54. The van der Waals surface area contributed by atoms with Gasteiger partial charge in [0.1, 0.15) is 11.6 Å². The second-order valence-electron chi connectivity index (χ2n) is 7.97. The molecule has 4 heteroatoms. The second kappa shape index (κ2) is 11.1. The van der Waals surface area contributed by atoms with Gasteiger partial charge in [0.15, 0.2) is 0 Å². The fraction of sp³-hybridized carbons (Fsp3) is 0.172. The van der Waals surface area contributed by atoms with Crippen molar-refractivity contribution >= 4 is 17.5 Å². The average Bonchev–Trinajstić information content (AvgIpc) is 2.78. The minimum absolute atomic E-state index is 0.103. The highest BCUT2D eigenvalue weighted by atomic mass is 32.1. The van der Waals surface area contributed by atoms with Gasteiger partial charge in [-0.05, 0) is 78.4 Å². The Hall–Kier alpha value is -3.13. The Balaban J connectivity index is 2.09. The van der Waals surface area contributed by atoms with Gasteiger partial charge in [0, 0.05) is 28.0 Å². The van der Waals surface area contributed by atoms with E-state index in [-0.39, 0.29) is 6.61 Å². The van der Waals surface area contributed by atoms with Crippen LogP contribution in [0.4, 0.5) is 8.78 Å². The molecule has 0 spiro atoms. The van der Waals surface area contributed by atoms with E-state index in [4.69, 9.17) is 0 Å². The Morgan fingerprint density at radius 1 is 1.00 bits per heavy atom. The molecule has 0 aliphatic rings. The molecule has 1 N–H and O–H groups in total. The Kier molecular flexibility index (Phi) is 8.27. The van der Waals surface area contributed by atoms with Crippen LogP contribution in [0.2, 0.25) is 0 Å². The maximum absolute atomic E-state index is 14.0. The molecule has 0 saturated carbocycles. The molecule has 3 aromatic carbocycles. The third-order valence-electron chi connectivity index (χ3n) is 5.50. The third kappa shape index (κ3) is 6.44. The number of aliphatic hydroxyl groups excluding tert-OH is 1. The largest absolute Gasteiger partial charge is 0.392 e. The number of hydrogen-bond donors (Lipinski definition) is 2. The number of thiol groups is 1. The van der Waals surface area contributed by atoms with Gasteiger partial charge in [-0.15, -0.1) is 12.6 Å². The predicted octanol–water partition coefficient (Wildman–Crippen LogP) is 6.91. The zero-order valence-corrected chi connectivity index (χ0v) is 19.6. The summed E-state index contributed by atoms with van der Waals surface area (Å²) in [6.45, 7) is 7.69. The van der Waals surface area contributed by atoms with Crippen LogP contribution in [-0.2, 0) is 13.0 Å². The van der Waals surface area contributed by atoms with Crippen LogP contribution in [0.5, 0.6) is 0 Å². The monoisotopic (exact) mass is 460 g/mol. The van der Waals surface area contributed by atoms with Gasteiger partial charge in [-0.1, -0.05) is 48.8 Å². The van der Waals surface area contributed by atoms with Crippen molar-refractivity contribution in [1.82, 2.24) is 0 Å². The first-order valence-corrected chi connectivity index (χ1v) is 11.0. The minimum atomic E-state index is -0.628. The molecule has 0 saturated heterocycles. The van der Waals surface area contributed by atoms with E-state index >= 15 is 0 Å². The second-order valence-corrected chi connectivity index (χ2v) is 8.45. The first-order chi connectivity index (χ1) is 15.8. The maximum Gasteiger partial charge on any atom is 0.126 e. The van der Waals surface area contributed by atoms with Crippen LogP contribution in [0, 0.1) is 37.3 Å². The fourth-order valence-corrected chi connectivity index (χ4v) is 3.86. The van der Waals surface area contributed by atoms with Crippen LogP contribution in [-0.4, -0.2) is 5.11 Å². The predicted molar refractivity (Wildman–Crippen MR) is 135 cm³/mol. The highest BCUT2D eigenvalue weighted by Crippen LogP contribution is 2.26. The number of hydrogen-bond acceptors (Lipinski definition) is 2. The number of aryl methyl sites for hydroxylation is 2. The lowest BCUT2D eigenvalue weighted by Gasteiger charge is -2.14. The summed E-state index contributed by atoms with van der Waals surface area (Å²) in [4.78, 5) is 0.659. The number of rotatable bonds is 6. The van der Waals surface area contributed by atoms with Crippen LogP contribution in [0.1, 0.15) is 44.9 Å². The van der Waals surface area contributed by atoms with Gasteiger partial charge in [-0.2, -0.15) is 0 Å². The van der Waals surface area contributed by atoms with Crippen LogP contribution >= 0.6 is 12.6 Å². The summed E-state index contributed by atoms with van der Waals surface area (Å²) in [6, 6.07) is 15.1. The third-order valence-corrected chi connectivity index (χ3v) is 5.89. The van der Waals surface area contributed by atoms with Crippen LogP contribution in [0.25, 0.3) is 4.91 Å². The quantitative estimate of drug-likeness (QED) is 0.233. The molecule has 1 atom stereocenters. The van der Waals surface area contributed by atoms with Crippen molar-refractivity contribution in [3.05, 3.63) is 124 Å². The molecule has 0 radical (unpaired) electrons. The van der Waals surface area contributed by atoms with E-state index in [1.165, 1.54) is 17.7 Å². The standard InChI is InChI=1S/C29H26F2OS/c1-4-5-29(33)28-14-22(18-32)8-9-23(28)10-11-24(25-15-26(30)17-27(31)16-25)13-21-7-6-19(2)20(3)12-21/h4-9,12,14-17,24,32-33H,1,13,18H2,2-3H3/b29-5-. The molecule has 168 valence electrons. The summed E-state index contributed by atoms with van der Waals surface area (Å²) in [5.74, 6) is 4.74. The van der Waals surface area contributed by atoms with Crippen molar-refractivity contribution in [1.29, 1.82) is 0 Å². The molecule has 33 heavy (non-hydrogen) atoms. The Morgan fingerprint density at radius 2 is 1.70 bits per heavy atom. The molecule has 0 heterocycles. The molecule has 1 nitrogen and oxygen atoms in total. The van der Waals surface area contributed by atoms with Crippen molar-refractivity contribution in [3.63, 3.8) is 0 Å². The van der Waals surface area contributed by atoms with E-state index in [0.717, 1.165) is 28.3 Å². The Labute approximate surface area is 199 Å². The molecular formula is C29H26F2OS. The highest BCUT2D eigenvalue weighted by molar-refractivity contribution is 7.90. The molecule has 0 bridgehead atoms. The molecule has 0 fully saturated rings. The maximum atomic E-state index is 14.0. The first kappa shape index (κ1) is 24.5. The summed E-state index contributed by atoms with van der Waals surface area (Å²) in [5.41, 5.74) is 6.06. The van der Waals surface area contributed by atoms with E-state index in [1.54, 1.807) is 18.2 Å². The van der Waals surface area contributed by atoms with Crippen LogP contribution in [0.3, 0.4) is 0 Å². The summed E-state index contributed by atoms with van der Waals surface area (Å²) < 4.78 is 28.0. The van der Waals surface area contributed by atoms with Gasteiger partial charge in [-0.25, -0.2) is 8.78 Å². The average molecular weight is 461 g/mol. The smallest absolute Gasteiger partial charge is 0.126 e. The van der Waals surface area contributed by atoms with Gasteiger partial charge in [0.25, 0.3) is 0 Å². The molecule has 0 aliphatic heterocycles. The molecule has 3 rings (SSSR count).